The van der Waals surface area contributed by atoms with Crippen LogP contribution in [-0.2, 0) is 6.42 Å². The van der Waals surface area contributed by atoms with Crippen LogP contribution in [0.1, 0.15) is 36.8 Å². The first-order chi connectivity index (χ1) is 11.9. The van der Waals surface area contributed by atoms with Crippen molar-refractivity contribution in [3.05, 3.63) is 63.3 Å². The Bertz CT molecular complexity index is 979. The Hall–Kier alpha value is -2.90. The molecule has 1 unspecified atom stereocenters. The van der Waals surface area contributed by atoms with Crippen LogP contribution in [0, 0.1) is 18.6 Å². The van der Waals surface area contributed by atoms with Gasteiger partial charge in [-0.3, -0.25) is 4.79 Å². The molecular weight excluding hydrogens is 328 g/mol. The van der Waals surface area contributed by atoms with Crippen LogP contribution in [0.5, 0.6) is 0 Å². The first-order valence-electron chi connectivity index (χ1n) is 7.87. The Morgan fingerprint density at radius 1 is 1.24 bits per heavy atom. The fraction of sp³-hybridized carbons (Fsp3) is 0.294. The average Bonchev–Trinajstić information content (AvgIpc) is 3.06. The smallest absolute Gasteiger partial charge is 0.251 e. The third-order valence-corrected chi connectivity index (χ3v) is 4.05. The van der Waals surface area contributed by atoms with E-state index in [4.69, 9.17) is 0 Å². The van der Waals surface area contributed by atoms with E-state index in [2.05, 4.69) is 20.3 Å². The van der Waals surface area contributed by atoms with E-state index in [-0.39, 0.29) is 11.1 Å². The monoisotopic (exact) mass is 345 g/mol. The minimum atomic E-state index is -0.881. The second-order valence-corrected chi connectivity index (χ2v) is 5.77. The van der Waals surface area contributed by atoms with Gasteiger partial charge in [-0.2, -0.15) is 0 Å². The SMILES string of the molecule is CCc1ccc(C(C)n2cc(-c3cc(=O)[nH]c(C)n3)nn2)c(F)c1F. The van der Waals surface area contributed by atoms with Gasteiger partial charge >= 0.3 is 0 Å². The molecule has 0 radical (unpaired) electrons. The van der Waals surface area contributed by atoms with Gasteiger partial charge in [0, 0.05) is 11.6 Å². The zero-order valence-electron chi connectivity index (χ0n) is 14.0. The number of benzene rings is 1. The van der Waals surface area contributed by atoms with E-state index in [0.29, 0.717) is 29.2 Å². The van der Waals surface area contributed by atoms with Crippen LogP contribution in [0.25, 0.3) is 11.4 Å². The van der Waals surface area contributed by atoms with E-state index in [1.54, 1.807) is 39.1 Å². The summed E-state index contributed by atoms with van der Waals surface area (Å²) < 4.78 is 29.8. The van der Waals surface area contributed by atoms with Gasteiger partial charge in [0.2, 0.25) is 0 Å². The molecule has 0 fully saturated rings. The standard InChI is InChI=1S/C17H17F2N5O/c1-4-11-5-6-12(17(19)16(11)18)9(2)24-8-14(22-23-24)13-7-15(25)21-10(3)20-13/h5-9H,4H2,1-3H3,(H,20,21,25). The topological polar surface area (TPSA) is 76.5 Å². The fourth-order valence-electron chi connectivity index (χ4n) is 2.64. The van der Waals surface area contributed by atoms with Gasteiger partial charge in [0.25, 0.3) is 5.56 Å². The van der Waals surface area contributed by atoms with Gasteiger partial charge in [0.15, 0.2) is 11.6 Å². The summed E-state index contributed by atoms with van der Waals surface area (Å²) in [6, 6.07) is 3.87. The lowest BCUT2D eigenvalue weighted by Crippen LogP contribution is -2.11. The number of nitrogens with zero attached hydrogens (tertiary/aromatic N) is 4. The summed E-state index contributed by atoms with van der Waals surface area (Å²) in [5.74, 6) is -1.26. The van der Waals surface area contributed by atoms with Crippen LogP contribution in [0.2, 0.25) is 0 Å². The van der Waals surface area contributed by atoms with E-state index in [9.17, 15) is 13.6 Å². The Labute approximate surface area is 142 Å². The van der Waals surface area contributed by atoms with Crippen molar-refractivity contribution in [2.45, 2.75) is 33.2 Å². The van der Waals surface area contributed by atoms with Crippen LogP contribution < -0.4 is 5.56 Å². The summed E-state index contributed by atoms with van der Waals surface area (Å²) in [5.41, 5.74) is 0.963. The number of aromatic nitrogens is 5. The van der Waals surface area contributed by atoms with Crippen LogP contribution in [0.4, 0.5) is 8.78 Å². The molecule has 3 aromatic rings. The van der Waals surface area contributed by atoms with E-state index in [1.807, 2.05) is 0 Å². The zero-order valence-corrected chi connectivity index (χ0v) is 14.0. The van der Waals surface area contributed by atoms with E-state index in [1.165, 1.54) is 10.7 Å². The van der Waals surface area contributed by atoms with Gasteiger partial charge in [-0.05, 0) is 25.8 Å². The molecule has 0 bridgehead atoms. The number of rotatable bonds is 4. The molecule has 1 aromatic carbocycles. The molecule has 0 saturated carbocycles. The minimum Gasteiger partial charge on any atom is -0.311 e. The maximum absolute atomic E-state index is 14.3. The van der Waals surface area contributed by atoms with Crippen LogP contribution in [0.3, 0.4) is 0 Å². The lowest BCUT2D eigenvalue weighted by molar-refractivity contribution is 0.460. The molecule has 0 aliphatic carbocycles. The minimum absolute atomic E-state index is 0.182. The van der Waals surface area contributed by atoms with Gasteiger partial charge in [-0.1, -0.05) is 24.3 Å². The second-order valence-electron chi connectivity index (χ2n) is 5.77. The van der Waals surface area contributed by atoms with E-state index >= 15 is 0 Å². The molecule has 130 valence electrons. The molecule has 25 heavy (non-hydrogen) atoms. The Kier molecular flexibility index (Phi) is 4.43. The van der Waals surface area contributed by atoms with Gasteiger partial charge in [0.05, 0.1) is 17.9 Å². The quantitative estimate of drug-likeness (QED) is 0.789. The Morgan fingerprint density at radius 3 is 2.68 bits per heavy atom. The number of aromatic amines is 1. The predicted molar refractivity (Wildman–Crippen MR) is 88.2 cm³/mol. The lowest BCUT2D eigenvalue weighted by atomic mass is 10.0. The number of halogens is 2. The van der Waals surface area contributed by atoms with Crippen molar-refractivity contribution in [3.63, 3.8) is 0 Å². The third-order valence-electron chi connectivity index (χ3n) is 4.05. The van der Waals surface area contributed by atoms with Crippen molar-refractivity contribution in [1.82, 2.24) is 25.0 Å². The van der Waals surface area contributed by atoms with Gasteiger partial charge in [-0.25, -0.2) is 18.4 Å². The highest BCUT2D eigenvalue weighted by Crippen LogP contribution is 2.25. The molecule has 0 saturated heterocycles. The molecule has 0 aliphatic heterocycles. The first kappa shape index (κ1) is 16.9. The molecule has 3 rings (SSSR count). The first-order valence-corrected chi connectivity index (χ1v) is 7.87. The second kappa shape index (κ2) is 6.54. The molecule has 0 aliphatic rings. The molecule has 2 heterocycles. The highest BCUT2D eigenvalue weighted by Gasteiger charge is 2.20. The van der Waals surface area contributed by atoms with Gasteiger partial charge in [-0.15, -0.1) is 5.10 Å². The summed E-state index contributed by atoms with van der Waals surface area (Å²) in [5, 5.41) is 7.95. The number of hydrogen-bond donors (Lipinski definition) is 1. The number of aryl methyl sites for hydroxylation is 2. The molecule has 8 heteroatoms. The molecule has 1 atom stereocenters. The average molecular weight is 345 g/mol. The van der Waals surface area contributed by atoms with Crippen molar-refractivity contribution in [2.75, 3.05) is 0 Å². The van der Waals surface area contributed by atoms with Crippen molar-refractivity contribution < 1.29 is 8.78 Å². The highest BCUT2D eigenvalue weighted by molar-refractivity contribution is 5.51. The Morgan fingerprint density at radius 2 is 2.00 bits per heavy atom. The Balaban J connectivity index is 1.97. The zero-order chi connectivity index (χ0) is 18.1. The van der Waals surface area contributed by atoms with Gasteiger partial charge in [0.1, 0.15) is 11.5 Å². The molecule has 0 amide bonds. The molecule has 2 aromatic heterocycles. The van der Waals surface area contributed by atoms with Crippen LogP contribution in [-0.4, -0.2) is 25.0 Å². The fourth-order valence-corrected chi connectivity index (χ4v) is 2.64. The molecule has 0 spiro atoms. The van der Waals surface area contributed by atoms with E-state index < -0.39 is 17.7 Å². The van der Waals surface area contributed by atoms with E-state index in [0.717, 1.165) is 0 Å². The van der Waals surface area contributed by atoms with Crippen molar-refractivity contribution in [3.8, 4) is 11.4 Å². The number of nitrogens with one attached hydrogen (secondary N) is 1. The summed E-state index contributed by atoms with van der Waals surface area (Å²) in [6.07, 6.45) is 1.97. The third kappa shape index (κ3) is 3.19. The van der Waals surface area contributed by atoms with Crippen LogP contribution in [0.15, 0.2) is 29.2 Å². The van der Waals surface area contributed by atoms with Crippen LogP contribution >= 0.6 is 0 Å². The largest absolute Gasteiger partial charge is 0.311 e. The maximum atomic E-state index is 14.3. The van der Waals surface area contributed by atoms with Gasteiger partial charge < -0.3 is 4.98 Å². The van der Waals surface area contributed by atoms with Crippen molar-refractivity contribution >= 4 is 0 Å². The molecule has 6 nitrogen and oxygen atoms in total. The summed E-state index contributed by atoms with van der Waals surface area (Å²) >= 11 is 0. The predicted octanol–water partition coefficient (Wildman–Crippen LogP) is 2.79. The number of hydrogen-bond acceptors (Lipinski definition) is 4. The molecular formula is C17H17F2N5O. The lowest BCUT2D eigenvalue weighted by Gasteiger charge is -2.14. The summed E-state index contributed by atoms with van der Waals surface area (Å²) in [4.78, 5) is 18.3. The highest BCUT2D eigenvalue weighted by atomic mass is 19.2. The summed E-state index contributed by atoms with van der Waals surface area (Å²) in [7, 11) is 0. The maximum Gasteiger partial charge on any atom is 0.251 e. The number of H-pyrrole nitrogens is 1. The van der Waals surface area contributed by atoms with Crippen molar-refractivity contribution in [1.29, 1.82) is 0 Å². The molecule has 1 N–H and O–H groups in total. The summed E-state index contributed by atoms with van der Waals surface area (Å²) in [6.45, 7) is 5.12. The van der Waals surface area contributed by atoms with Crippen molar-refractivity contribution in [2.24, 2.45) is 0 Å². The normalized spacial score (nSPS) is 12.4.